The van der Waals surface area contributed by atoms with E-state index in [2.05, 4.69) is 9.71 Å². The van der Waals surface area contributed by atoms with Gasteiger partial charge in [-0.15, -0.1) is 0 Å². The number of benzene rings is 2. The topological polar surface area (TPSA) is 109 Å². The molecule has 2 N–H and O–H groups in total. The number of ether oxygens (including phenoxy) is 1. The molecule has 9 heteroatoms. The molecule has 8 nitrogen and oxygen atoms in total. The monoisotopic (exact) mass is 469 g/mol. The second-order valence-corrected chi connectivity index (χ2v) is 9.82. The molecule has 1 aliphatic rings. The van der Waals surface area contributed by atoms with Gasteiger partial charge in [0.05, 0.1) is 17.7 Å². The Morgan fingerprint density at radius 1 is 1.21 bits per heavy atom. The first-order chi connectivity index (χ1) is 15.8. The van der Waals surface area contributed by atoms with Gasteiger partial charge in [0, 0.05) is 35.8 Å². The molecule has 1 aliphatic heterocycles. The van der Waals surface area contributed by atoms with Gasteiger partial charge in [-0.05, 0) is 56.0 Å². The minimum Gasteiger partial charge on any atom is -0.497 e. The lowest BCUT2D eigenvalue weighted by molar-refractivity contribution is 0.0606. The lowest BCUT2D eigenvalue weighted by Crippen LogP contribution is -2.44. The number of rotatable bonds is 6. The minimum absolute atomic E-state index is 0.0261. The van der Waals surface area contributed by atoms with Crippen molar-refractivity contribution in [1.82, 2.24) is 9.88 Å². The van der Waals surface area contributed by atoms with E-state index < -0.39 is 15.5 Å². The summed E-state index contributed by atoms with van der Waals surface area (Å²) in [6.45, 7) is 2.65. The van der Waals surface area contributed by atoms with Crippen molar-refractivity contribution in [2.24, 2.45) is 0 Å². The zero-order valence-corrected chi connectivity index (χ0v) is 19.4. The third-order valence-electron chi connectivity index (χ3n) is 6.07. The lowest BCUT2D eigenvalue weighted by Gasteiger charge is -2.35. The second-order valence-electron chi connectivity index (χ2n) is 8.13. The van der Waals surface area contributed by atoms with Crippen molar-refractivity contribution < 1.29 is 17.9 Å². The Kier molecular flexibility index (Phi) is 6.42. The SMILES string of the molecule is CC[C@@H]1CCCCN1C(=O)c1c[nH]c2ccc(S(=O)(=O)Nc3cccc(OC)c3)cc2c1=O. The lowest BCUT2D eigenvalue weighted by atomic mass is 9.99. The van der Waals surface area contributed by atoms with Gasteiger partial charge >= 0.3 is 0 Å². The standard InChI is InChI=1S/C24H27N3O5S/c1-3-17-8-4-5-12-27(17)24(29)21-15-25-22-11-10-19(14-20(22)23(21)28)33(30,31)26-16-7-6-9-18(13-16)32-2/h6-7,9-11,13-15,17,26H,3-5,8,12H2,1-2H3,(H,25,28)/t17-/m1/s1. The van der Waals surface area contributed by atoms with Crippen LogP contribution in [0.25, 0.3) is 10.9 Å². The summed E-state index contributed by atoms with van der Waals surface area (Å²) in [5, 5.41) is 0.152. The molecule has 2 aromatic carbocycles. The van der Waals surface area contributed by atoms with Crippen LogP contribution in [0.4, 0.5) is 5.69 Å². The van der Waals surface area contributed by atoms with E-state index in [0.717, 1.165) is 25.7 Å². The Hall–Kier alpha value is -3.33. The summed E-state index contributed by atoms with van der Waals surface area (Å²) in [6, 6.07) is 10.9. The number of carbonyl (C=O) groups is 1. The summed E-state index contributed by atoms with van der Waals surface area (Å²) < 4.78 is 33.6. The van der Waals surface area contributed by atoms with Crippen LogP contribution in [-0.4, -0.2) is 43.9 Å². The molecule has 0 unspecified atom stereocenters. The summed E-state index contributed by atoms with van der Waals surface area (Å²) >= 11 is 0. The zero-order valence-electron chi connectivity index (χ0n) is 18.6. The largest absolute Gasteiger partial charge is 0.497 e. The van der Waals surface area contributed by atoms with Crippen LogP contribution in [0.15, 0.2) is 58.4 Å². The molecule has 3 aromatic rings. The molecule has 0 aliphatic carbocycles. The number of amides is 1. The van der Waals surface area contributed by atoms with Gasteiger partial charge in [-0.25, -0.2) is 8.42 Å². The van der Waals surface area contributed by atoms with Crippen molar-refractivity contribution in [3.8, 4) is 5.75 Å². The summed E-state index contributed by atoms with van der Waals surface area (Å²) in [5.41, 5.74) is 0.344. The van der Waals surface area contributed by atoms with E-state index in [1.54, 1.807) is 29.2 Å². The number of fused-ring (bicyclic) bond motifs is 1. The van der Waals surface area contributed by atoms with E-state index >= 15 is 0 Å². The summed E-state index contributed by atoms with van der Waals surface area (Å²) in [6.07, 6.45) is 5.16. The van der Waals surface area contributed by atoms with E-state index in [1.165, 1.54) is 31.5 Å². The van der Waals surface area contributed by atoms with E-state index in [0.29, 0.717) is 23.5 Å². The number of aromatic nitrogens is 1. The van der Waals surface area contributed by atoms with Gasteiger partial charge in [0.2, 0.25) is 5.43 Å². The van der Waals surface area contributed by atoms with Crippen LogP contribution in [-0.2, 0) is 10.0 Å². The predicted molar refractivity (Wildman–Crippen MR) is 127 cm³/mol. The first-order valence-electron chi connectivity index (χ1n) is 11.0. The summed E-state index contributed by atoms with van der Waals surface area (Å²) in [7, 11) is -2.47. The zero-order chi connectivity index (χ0) is 23.6. The molecule has 0 bridgehead atoms. The number of nitrogens with zero attached hydrogens (tertiary/aromatic N) is 1. The maximum Gasteiger partial charge on any atom is 0.261 e. The van der Waals surface area contributed by atoms with E-state index in [9.17, 15) is 18.0 Å². The quantitative estimate of drug-likeness (QED) is 0.572. The highest BCUT2D eigenvalue weighted by molar-refractivity contribution is 7.92. The van der Waals surface area contributed by atoms with E-state index in [1.807, 2.05) is 6.92 Å². The Morgan fingerprint density at radius 2 is 2.03 bits per heavy atom. The van der Waals surface area contributed by atoms with Crippen molar-refractivity contribution in [3.63, 3.8) is 0 Å². The molecule has 0 saturated carbocycles. The van der Waals surface area contributed by atoms with E-state index in [-0.39, 0.29) is 27.8 Å². The Labute approximate surface area is 192 Å². The van der Waals surface area contributed by atoms with Crippen molar-refractivity contribution in [1.29, 1.82) is 0 Å². The van der Waals surface area contributed by atoms with Crippen molar-refractivity contribution in [2.45, 2.75) is 43.5 Å². The van der Waals surface area contributed by atoms with Gasteiger partial charge < -0.3 is 14.6 Å². The van der Waals surface area contributed by atoms with E-state index in [4.69, 9.17) is 4.74 Å². The summed E-state index contributed by atoms with van der Waals surface area (Å²) in [4.78, 5) is 31.1. The van der Waals surface area contributed by atoms with Gasteiger partial charge in [-0.3, -0.25) is 14.3 Å². The number of piperidine rings is 1. The molecular formula is C24H27N3O5S. The van der Waals surface area contributed by atoms with Gasteiger partial charge in [0.1, 0.15) is 11.3 Å². The van der Waals surface area contributed by atoms with Gasteiger partial charge in [-0.1, -0.05) is 13.0 Å². The van der Waals surface area contributed by atoms with Crippen molar-refractivity contribution >= 4 is 32.5 Å². The molecule has 1 amide bonds. The normalized spacial score (nSPS) is 16.5. The van der Waals surface area contributed by atoms with Crippen molar-refractivity contribution in [3.05, 3.63) is 64.4 Å². The molecule has 4 rings (SSSR count). The highest BCUT2D eigenvalue weighted by atomic mass is 32.2. The molecule has 174 valence electrons. The van der Waals surface area contributed by atoms with Gasteiger partial charge in [0.25, 0.3) is 15.9 Å². The number of likely N-dealkylation sites (tertiary alicyclic amines) is 1. The van der Waals surface area contributed by atoms with Crippen LogP contribution in [0, 0.1) is 0 Å². The number of methoxy groups -OCH3 is 1. The van der Waals surface area contributed by atoms with Crippen LogP contribution in [0.2, 0.25) is 0 Å². The molecule has 0 radical (unpaired) electrons. The molecule has 1 saturated heterocycles. The van der Waals surface area contributed by atoms with Crippen LogP contribution in [0.3, 0.4) is 0 Å². The number of sulfonamides is 1. The number of hydrogen-bond donors (Lipinski definition) is 2. The minimum atomic E-state index is -3.97. The number of hydrogen-bond acceptors (Lipinski definition) is 5. The number of carbonyl (C=O) groups excluding carboxylic acids is 1. The average molecular weight is 470 g/mol. The second kappa shape index (κ2) is 9.27. The maximum atomic E-state index is 13.2. The number of anilines is 1. The molecule has 33 heavy (non-hydrogen) atoms. The fourth-order valence-corrected chi connectivity index (χ4v) is 5.35. The smallest absolute Gasteiger partial charge is 0.261 e. The number of nitrogens with one attached hydrogen (secondary N) is 2. The Bertz CT molecular complexity index is 1350. The van der Waals surface area contributed by atoms with Gasteiger partial charge in [-0.2, -0.15) is 0 Å². The Morgan fingerprint density at radius 3 is 2.79 bits per heavy atom. The fraction of sp³-hybridized carbons (Fsp3) is 0.333. The highest BCUT2D eigenvalue weighted by Gasteiger charge is 2.28. The number of pyridine rings is 1. The molecule has 1 fully saturated rings. The third kappa shape index (κ3) is 4.59. The number of aromatic amines is 1. The van der Waals surface area contributed by atoms with Gasteiger partial charge in [0.15, 0.2) is 0 Å². The van der Waals surface area contributed by atoms with Crippen LogP contribution < -0.4 is 14.9 Å². The fourth-order valence-electron chi connectivity index (χ4n) is 4.27. The molecule has 0 spiro atoms. The molecular weight excluding hydrogens is 442 g/mol. The molecule has 1 aromatic heterocycles. The third-order valence-corrected chi connectivity index (χ3v) is 7.45. The highest BCUT2D eigenvalue weighted by Crippen LogP contribution is 2.24. The van der Waals surface area contributed by atoms with Crippen LogP contribution in [0.1, 0.15) is 43.0 Å². The Balaban J connectivity index is 1.70. The maximum absolute atomic E-state index is 13.2. The number of H-pyrrole nitrogens is 1. The van der Waals surface area contributed by atoms with Crippen molar-refractivity contribution in [2.75, 3.05) is 18.4 Å². The predicted octanol–water partition coefficient (Wildman–Crippen LogP) is 3.74. The van der Waals surface area contributed by atoms with Crippen LogP contribution in [0.5, 0.6) is 5.75 Å². The average Bonchev–Trinajstić information content (AvgIpc) is 2.83. The molecule has 1 atom stereocenters. The molecule has 2 heterocycles. The first kappa shape index (κ1) is 22.8. The first-order valence-corrected chi connectivity index (χ1v) is 12.5. The van der Waals surface area contributed by atoms with Crippen LogP contribution >= 0.6 is 0 Å². The summed E-state index contributed by atoms with van der Waals surface area (Å²) in [5.74, 6) is 0.198.